The molecule has 0 aliphatic carbocycles. The fourth-order valence-electron chi connectivity index (χ4n) is 1.27. The van der Waals surface area contributed by atoms with Crippen molar-refractivity contribution < 1.29 is 0 Å². The number of hydrogen-bond donors (Lipinski definition) is 3. The molecule has 0 radical (unpaired) electrons. The van der Waals surface area contributed by atoms with Gasteiger partial charge in [-0.2, -0.15) is 0 Å². The van der Waals surface area contributed by atoms with E-state index < -0.39 is 0 Å². The average Bonchev–Trinajstić information content (AvgIpc) is 2.44. The van der Waals surface area contributed by atoms with E-state index in [-0.39, 0.29) is 0 Å². The molecule has 1 aromatic heterocycles. The number of nitrogens with one attached hydrogen (secondary N) is 2. The normalized spacial score (nSPS) is 10.3. The summed E-state index contributed by atoms with van der Waals surface area (Å²) in [5, 5.41) is 5.15. The molecule has 12 heavy (non-hydrogen) atoms. The zero-order valence-electron chi connectivity index (χ0n) is 6.33. The van der Waals surface area contributed by atoms with Crippen molar-refractivity contribution in [2.75, 3.05) is 5.73 Å². The summed E-state index contributed by atoms with van der Waals surface area (Å²) in [6.07, 6.45) is 0. The van der Waals surface area contributed by atoms with Crippen LogP contribution in [0.5, 0.6) is 0 Å². The van der Waals surface area contributed by atoms with Crippen LogP contribution in [0.1, 0.15) is 0 Å². The number of nitrogens with two attached hydrogens (primary N) is 1. The van der Waals surface area contributed by atoms with Gasteiger partial charge in [0.05, 0.1) is 0 Å². The second-order valence-corrected chi connectivity index (χ2v) is 2.54. The van der Waals surface area contributed by atoms with Gasteiger partial charge < -0.3 is 10.7 Å². The maximum atomic E-state index is 6.88. The largest absolute Gasteiger partial charge is 0.385 e. The van der Waals surface area contributed by atoms with E-state index in [1.54, 1.807) is 0 Å². The number of rotatable bonds is 1. The van der Waals surface area contributed by atoms with Crippen LogP contribution in [0, 0.1) is 5.53 Å². The van der Waals surface area contributed by atoms with Crippen LogP contribution in [0.15, 0.2) is 29.4 Å². The maximum Gasteiger partial charge on any atom is 0.161 e. The Bertz CT molecular complexity index is 430. The SMILES string of the molecule is N=Nc1[nH]c(N)c2ccccc12. The highest BCUT2D eigenvalue weighted by Crippen LogP contribution is 2.29. The van der Waals surface area contributed by atoms with E-state index in [4.69, 9.17) is 11.3 Å². The fourth-order valence-corrected chi connectivity index (χ4v) is 1.27. The van der Waals surface area contributed by atoms with Gasteiger partial charge >= 0.3 is 0 Å². The Morgan fingerprint density at radius 3 is 2.58 bits per heavy atom. The summed E-state index contributed by atoms with van der Waals surface area (Å²) in [7, 11) is 0. The molecular weight excluding hydrogens is 152 g/mol. The number of nitrogen functional groups attached to an aromatic ring is 1. The van der Waals surface area contributed by atoms with Gasteiger partial charge in [0.15, 0.2) is 5.82 Å². The van der Waals surface area contributed by atoms with Gasteiger partial charge in [0.1, 0.15) is 5.82 Å². The molecule has 0 fully saturated rings. The lowest BCUT2D eigenvalue weighted by Crippen LogP contribution is -1.82. The molecule has 0 aliphatic rings. The number of benzene rings is 1. The zero-order chi connectivity index (χ0) is 8.55. The van der Waals surface area contributed by atoms with Crippen molar-refractivity contribution >= 4 is 22.4 Å². The Morgan fingerprint density at radius 2 is 1.92 bits per heavy atom. The van der Waals surface area contributed by atoms with Crippen molar-refractivity contribution in [2.45, 2.75) is 0 Å². The first-order valence-corrected chi connectivity index (χ1v) is 3.56. The molecule has 4 heteroatoms. The monoisotopic (exact) mass is 160 g/mol. The molecule has 4 N–H and O–H groups in total. The van der Waals surface area contributed by atoms with Crippen LogP contribution >= 0.6 is 0 Å². The first kappa shape index (κ1) is 6.84. The summed E-state index contributed by atoms with van der Waals surface area (Å²) >= 11 is 0. The molecule has 1 aromatic carbocycles. The molecule has 60 valence electrons. The Balaban J connectivity index is 2.91. The van der Waals surface area contributed by atoms with Crippen molar-refractivity contribution in [2.24, 2.45) is 5.11 Å². The van der Waals surface area contributed by atoms with Crippen molar-refractivity contribution in [1.82, 2.24) is 4.98 Å². The lowest BCUT2D eigenvalue weighted by Gasteiger charge is -1.87. The molecule has 0 saturated heterocycles. The summed E-state index contributed by atoms with van der Waals surface area (Å²) < 4.78 is 0. The van der Waals surface area contributed by atoms with E-state index in [1.807, 2.05) is 24.3 Å². The molecule has 0 unspecified atom stereocenters. The van der Waals surface area contributed by atoms with Gasteiger partial charge in [-0.1, -0.05) is 24.3 Å². The smallest absolute Gasteiger partial charge is 0.161 e. The number of aromatic nitrogens is 1. The summed E-state index contributed by atoms with van der Waals surface area (Å²) in [5.74, 6) is 1.08. The third kappa shape index (κ3) is 0.780. The van der Waals surface area contributed by atoms with Crippen LogP contribution in [0.25, 0.3) is 10.8 Å². The molecule has 0 aliphatic heterocycles. The van der Waals surface area contributed by atoms with Crippen LogP contribution in [0.4, 0.5) is 11.6 Å². The first-order chi connectivity index (χ1) is 5.83. The van der Waals surface area contributed by atoms with E-state index in [0.29, 0.717) is 11.6 Å². The number of anilines is 1. The standard InChI is InChI=1S/C8H8N4/c9-7-5-3-1-2-4-6(5)8(11-7)12-10/h1-4,10-11H,9H2. The molecule has 0 atom stereocenters. The number of nitrogens with zero attached hydrogens (tertiary/aromatic N) is 1. The van der Waals surface area contributed by atoms with Crippen LogP contribution < -0.4 is 5.73 Å². The molecule has 2 aromatic rings. The Morgan fingerprint density at radius 1 is 1.25 bits per heavy atom. The predicted octanol–water partition coefficient (Wildman–Crippen LogP) is 2.41. The highest BCUT2D eigenvalue weighted by atomic mass is 15.1. The predicted molar refractivity (Wildman–Crippen MR) is 47.5 cm³/mol. The molecule has 4 nitrogen and oxygen atoms in total. The van der Waals surface area contributed by atoms with Crippen LogP contribution in [0.3, 0.4) is 0 Å². The van der Waals surface area contributed by atoms with Crippen LogP contribution in [-0.2, 0) is 0 Å². The fraction of sp³-hybridized carbons (Fsp3) is 0. The first-order valence-electron chi connectivity index (χ1n) is 3.56. The number of hydrogen-bond acceptors (Lipinski definition) is 3. The molecule has 2 rings (SSSR count). The number of aromatic amines is 1. The van der Waals surface area contributed by atoms with E-state index in [2.05, 4.69) is 10.1 Å². The Hall–Kier alpha value is -1.84. The second kappa shape index (κ2) is 2.34. The second-order valence-electron chi connectivity index (χ2n) is 2.54. The summed E-state index contributed by atoms with van der Waals surface area (Å²) in [6.45, 7) is 0. The lowest BCUT2D eigenvalue weighted by atomic mass is 10.2. The van der Waals surface area contributed by atoms with Crippen LogP contribution in [0.2, 0.25) is 0 Å². The minimum Gasteiger partial charge on any atom is -0.385 e. The molecular formula is C8H8N4. The topological polar surface area (TPSA) is 78.0 Å². The number of H-pyrrole nitrogens is 1. The van der Waals surface area contributed by atoms with Gasteiger partial charge in [0.2, 0.25) is 0 Å². The molecule has 0 spiro atoms. The van der Waals surface area contributed by atoms with Gasteiger partial charge in [-0.3, -0.25) is 0 Å². The van der Waals surface area contributed by atoms with Gasteiger partial charge in [-0.05, 0) is 0 Å². The quantitative estimate of drug-likeness (QED) is 0.550. The lowest BCUT2D eigenvalue weighted by molar-refractivity contribution is 1.12. The van der Waals surface area contributed by atoms with Crippen molar-refractivity contribution in [3.63, 3.8) is 0 Å². The summed E-state index contributed by atoms with van der Waals surface area (Å²) in [4.78, 5) is 2.83. The Labute approximate surface area is 68.9 Å². The molecule has 1 heterocycles. The van der Waals surface area contributed by atoms with Gasteiger partial charge in [0, 0.05) is 10.8 Å². The zero-order valence-corrected chi connectivity index (χ0v) is 6.33. The van der Waals surface area contributed by atoms with Crippen LogP contribution in [-0.4, -0.2) is 4.98 Å². The number of fused-ring (bicyclic) bond motifs is 1. The minimum atomic E-state index is 0.517. The summed E-state index contributed by atoms with van der Waals surface area (Å²) in [6, 6.07) is 7.58. The van der Waals surface area contributed by atoms with Gasteiger partial charge in [-0.25, -0.2) is 5.53 Å². The van der Waals surface area contributed by atoms with E-state index in [1.165, 1.54) is 0 Å². The highest BCUT2D eigenvalue weighted by Gasteiger charge is 2.04. The van der Waals surface area contributed by atoms with E-state index in [0.717, 1.165) is 10.8 Å². The Kier molecular flexibility index (Phi) is 1.33. The third-order valence-corrected chi connectivity index (χ3v) is 1.84. The third-order valence-electron chi connectivity index (χ3n) is 1.84. The molecule has 0 bridgehead atoms. The average molecular weight is 160 g/mol. The highest BCUT2D eigenvalue weighted by molar-refractivity contribution is 5.99. The summed E-state index contributed by atoms with van der Waals surface area (Å²) in [5.41, 5.74) is 12.5. The maximum absolute atomic E-state index is 6.88. The van der Waals surface area contributed by atoms with E-state index >= 15 is 0 Å². The van der Waals surface area contributed by atoms with Crippen molar-refractivity contribution in [1.29, 1.82) is 5.53 Å². The van der Waals surface area contributed by atoms with Gasteiger partial charge in [-0.15, -0.1) is 5.11 Å². The molecule has 0 amide bonds. The van der Waals surface area contributed by atoms with Crippen molar-refractivity contribution in [3.05, 3.63) is 24.3 Å². The van der Waals surface area contributed by atoms with E-state index in [9.17, 15) is 0 Å². The van der Waals surface area contributed by atoms with Gasteiger partial charge in [0.25, 0.3) is 0 Å². The molecule has 0 saturated carbocycles. The minimum absolute atomic E-state index is 0.517. The van der Waals surface area contributed by atoms with Crippen molar-refractivity contribution in [3.8, 4) is 0 Å².